The van der Waals surface area contributed by atoms with Crippen LogP contribution in [0.25, 0.3) is 0 Å². The fraction of sp³-hybridized carbons (Fsp3) is 0.750. The molecule has 0 N–H and O–H groups in total. The second-order valence-electron chi connectivity index (χ2n) is 2.93. The summed E-state index contributed by atoms with van der Waals surface area (Å²) in [6, 6.07) is 1.46. The highest BCUT2D eigenvalue weighted by Crippen LogP contribution is 2.43. The molecule has 1 rings (SSSR count). The summed E-state index contributed by atoms with van der Waals surface area (Å²) < 4.78 is 4.94. The molecule has 3 heteroatoms. The van der Waals surface area contributed by atoms with Crippen molar-refractivity contribution in [3.63, 3.8) is 0 Å². The predicted octanol–water partition coefficient (Wildman–Crippen LogP) is 1.39. The van der Waals surface area contributed by atoms with Crippen molar-refractivity contribution >= 4 is 5.97 Å². The SMILES string of the molecule is CCCC1(OC(=O)C#N)CC1. The van der Waals surface area contributed by atoms with Crippen LogP contribution in [0.3, 0.4) is 0 Å². The number of carbonyl (C=O) groups excluding carboxylic acids is 1. The summed E-state index contributed by atoms with van der Waals surface area (Å²) >= 11 is 0. The van der Waals surface area contributed by atoms with Gasteiger partial charge in [-0.15, -0.1) is 0 Å². The van der Waals surface area contributed by atoms with E-state index < -0.39 is 5.97 Å². The molecule has 0 saturated heterocycles. The Hall–Kier alpha value is -1.04. The van der Waals surface area contributed by atoms with Crippen molar-refractivity contribution in [1.29, 1.82) is 5.26 Å². The molecule has 0 bridgehead atoms. The molecule has 1 fully saturated rings. The Labute approximate surface area is 66.0 Å². The quantitative estimate of drug-likeness (QED) is 0.454. The zero-order valence-corrected chi connectivity index (χ0v) is 6.59. The number of ether oxygens (including phenoxy) is 1. The summed E-state index contributed by atoms with van der Waals surface area (Å²) in [5.74, 6) is -0.740. The molecule has 0 aromatic heterocycles. The van der Waals surface area contributed by atoms with Crippen LogP contribution in [0.4, 0.5) is 0 Å². The average molecular weight is 153 g/mol. The number of nitriles is 1. The van der Waals surface area contributed by atoms with Gasteiger partial charge in [-0.1, -0.05) is 13.3 Å². The van der Waals surface area contributed by atoms with Crippen LogP contribution in [0.2, 0.25) is 0 Å². The zero-order valence-electron chi connectivity index (χ0n) is 6.59. The van der Waals surface area contributed by atoms with Crippen molar-refractivity contribution in [2.24, 2.45) is 0 Å². The third kappa shape index (κ3) is 1.94. The van der Waals surface area contributed by atoms with E-state index >= 15 is 0 Å². The van der Waals surface area contributed by atoms with Crippen molar-refractivity contribution in [3.8, 4) is 6.07 Å². The minimum Gasteiger partial charge on any atom is -0.448 e. The van der Waals surface area contributed by atoms with Gasteiger partial charge in [-0.05, 0) is 19.3 Å². The summed E-state index contributed by atoms with van der Waals surface area (Å²) in [5, 5.41) is 8.17. The van der Waals surface area contributed by atoms with E-state index in [2.05, 4.69) is 0 Å². The van der Waals surface area contributed by atoms with E-state index in [1.165, 1.54) is 6.07 Å². The second kappa shape index (κ2) is 2.91. The van der Waals surface area contributed by atoms with Gasteiger partial charge in [0.05, 0.1) is 0 Å². The van der Waals surface area contributed by atoms with Gasteiger partial charge in [-0.2, -0.15) is 5.26 Å². The largest absolute Gasteiger partial charge is 0.448 e. The number of hydrogen-bond acceptors (Lipinski definition) is 3. The van der Waals surface area contributed by atoms with Gasteiger partial charge in [-0.3, -0.25) is 0 Å². The molecular weight excluding hydrogens is 142 g/mol. The van der Waals surface area contributed by atoms with E-state index in [0.29, 0.717) is 0 Å². The first-order chi connectivity index (χ1) is 5.22. The summed E-state index contributed by atoms with van der Waals surface area (Å²) in [6.45, 7) is 2.04. The van der Waals surface area contributed by atoms with E-state index in [4.69, 9.17) is 10.00 Å². The molecule has 0 heterocycles. The topological polar surface area (TPSA) is 50.1 Å². The molecule has 0 amide bonds. The van der Waals surface area contributed by atoms with Crippen LogP contribution >= 0.6 is 0 Å². The molecule has 0 aromatic carbocycles. The molecule has 0 spiro atoms. The Bertz CT molecular complexity index is 201. The number of nitrogens with zero attached hydrogens (tertiary/aromatic N) is 1. The molecule has 1 saturated carbocycles. The maximum Gasteiger partial charge on any atom is 0.411 e. The van der Waals surface area contributed by atoms with Crippen molar-refractivity contribution in [1.82, 2.24) is 0 Å². The van der Waals surface area contributed by atoms with E-state index in [-0.39, 0.29) is 5.60 Å². The fourth-order valence-electron chi connectivity index (χ4n) is 1.22. The highest BCUT2D eigenvalue weighted by Gasteiger charge is 2.45. The van der Waals surface area contributed by atoms with E-state index in [1.807, 2.05) is 6.92 Å². The molecule has 11 heavy (non-hydrogen) atoms. The normalized spacial score (nSPS) is 18.5. The lowest BCUT2D eigenvalue weighted by atomic mass is 10.2. The van der Waals surface area contributed by atoms with Gasteiger partial charge in [0.1, 0.15) is 5.60 Å². The summed E-state index contributed by atoms with van der Waals surface area (Å²) in [6.07, 6.45) is 3.74. The Morgan fingerprint density at radius 3 is 2.73 bits per heavy atom. The Morgan fingerprint density at radius 2 is 2.36 bits per heavy atom. The molecule has 0 radical (unpaired) electrons. The number of carbonyl (C=O) groups is 1. The van der Waals surface area contributed by atoms with Gasteiger partial charge in [0, 0.05) is 0 Å². The second-order valence-corrected chi connectivity index (χ2v) is 2.93. The maximum atomic E-state index is 10.6. The van der Waals surface area contributed by atoms with Crippen molar-refractivity contribution in [2.75, 3.05) is 0 Å². The highest BCUT2D eigenvalue weighted by atomic mass is 16.6. The Balaban J connectivity index is 2.36. The zero-order chi connectivity index (χ0) is 8.32. The first-order valence-corrected chi connectivity index (χ1v) is 3.85. The summed E-state index contributed by atoms with van der Waals surface area (Å²) in [4.78, 5) is 10.6. The molecule has 1 aliphatic rings. The lowest BCUT2D eigenvalue weighted by molar-refractivity contribution is -0.144. The highest BCUT2D eigenvalue weighted by molar-refractivity contribution is 5.86. The van der Waals surface area contributed by atoms with Gasteiger partial charge in [0.25, 0.3) is 0 Å². The standard InChI is InChI=1S/C8H11NO2/c1-2-3-8(4-5-8)11-7(10)6-9/h2-5H2,1H3. The lowest BCUT2D eigenvalue weighted by Crippen LogP contribution is -2.17. The average Bonchev–Trinajstić information content (AvgIpc) is 2.70. The molecule has 0 unspecified atom stereocenters. The van der Waals surface area contributed by atoms with Crippen molar-refractivity contribution in [2.45, 2.75) is 38.2 Å². The molecule has 1 aliphatic carbocycles. The Kier molecular flexibility index (Phi) is 2.13. The van der Waals surface area contributed by atoms with Gasteiger partial charge in [0.15, 0.2) is 6.07 Å². The summed E-state index contributed by atoms with van der Waals surface area (Å²) in [7, 11) is 0. The molecule has 3 nitrogen and oxygen atoms in total. The Morgan fingerprint density at radius 1 is 1.73 bits per heavy atom. The van der Waals surface area contributed by atoms with Crippen molar-refractivity contribution < 1.29 is 9.53 Å². The van der Waals surface area contributed by atoms with Crippen LogP contribution < -0.4 is 0 Å². The van der Waals surface area contributed by atoms with Crippen LogP contribution in [0, 0.1) is 11.3 Å². The van der Waals surface area contributed by atoms with Crippen molar-refractivity contribution in [3.05, 3.63) is 0 Å². The van der Waals surface area contributed by atoms with Gasteiger partial charge >= 0.3 is 5.97 Å². The van der Waals surface area contributed by atoms with Crippen LogP contribution in [-0.4, -0.2) is 11.6 Å². The molecular formula is C8H11NO2. The first kappa shape index (κ1) is 8.06. The van der Waals surface area contributed by atoms with E-state index in [9.17, 15) is 4.79 Å². The number of hydrogen-bond donors (Lipinski definition) is 0. The predicted molar refractivity (Wildman–Crippen MR) is 38.6 cm³/mol. The molecule has 60 valence electrons. The van der Waals surface area contributed by atoms with Gasteiger partial charge < -0.3 is 4.74 Å². The maximum absolute atomic E-state index is 10.6. The number of esters is 1. The minimum absolute atomic E-state index is 0.248. The number of rotatable bonds is 3. The first-order valence-electron chi connectivity index (χ1n) is 3.85. The summed E-state index contributed by atoms with van der Waals surface area (Å²) in [5.41, 5.74) is -0.248. The van der Waals surface area contributed by atoms with Crippen LogP contribution in [0.1, 0.15) is 32.6 Å². The van der Waals surface area contributed by atoms with Crippen LogP contribution in [0.5, 0.6) is 0 Å². The monoisotopic (exact) mass is 153 g/mol. The van der Waals surface area contributed by atoms with Crippen LogP contribution in [0.15, 0.2) is 0 Å². The molecule has 0 aliphatic heterocycles. The third-order valence-electron chi connectivity index (χ3n) is 1.91. The van der Waals surface area contributed by atoms with Gasteiger partial charge in [-0.25, -0.2) is 4.79 Å². The molecule has 0 aromatic rings. The lowest BCUT2D eigenvalue weighted by Gasteiger charge is -2.11. The van der Waals surface area contributed by atoms with E-state index in [0.717, 1.165) is 25.7 Å². The smallest absolute Gasteiger partial charge is 0.411 e. The van der Waals surface area contributed by atoms with Crippen LogP contribution in [-0.2, 0) is 9.53 Å². The fourth-order valence-corrected chi connectivity index (χ4v) is 1.22. The molecule has 0 atom stereocenters. The van der Waals surface area contributed by atoms with E-state index in [1.54, 1.807) is 0 Å². The minimum atomic E-state index is -0.740. The third-order valence-corrected chi connectivity index (χ3v) is 1.91. The van der Waals surface area contributed by atoms with Gasteiger partial charge in [0.2, 0.25) is 0 Å².